The Morgan fingerprint density at radius 2 is 1.62 bits per heavy atom. The summed E-state index contributed by atoms with van der Waals surface area (Å²) in [6.45, 7) is 3.51. The minimum atomic E-state index is 0.265. The molecular formula is C17H20ClNO2. The molecule has 0 radical (unpaired) electrons. The molecule has 0 aliphatic carbocycles. The van der Waals surface area contributed by atoms with Crippen molar-refractivity contribution in [3.05, 3.63) is 59.1 Å². The van der Waals surface area contributed by atoms with Crippen molar-refractivity contribution in [2.24, 2.45) is 0 Å². The predicted molar refractivity (Wildman–Crippen MR) is 86.4 cm³/mol. The molecule has 0 unspecified atom stereocenters. The van der Waals surface area contributed by atoms with E-state index in [1.54, 1.807) is 7.11 Å². The number of hydrogen-bond acceptors (Lipinski definition) is 3. The molecular weight excluding hydrogens is 286 g/mol. The third-order valence-corrected chi connectivity index (χ3v) is 3.50. The second-order valence-electron chi connectivity index (χ2n) is 4.75. The molecule has 0 fully saturated rings. The summed E-state index contributed by atoms with van der Waals surface area (Å²) in [6.07, 6.45) is 0. The van der Waals surface area contributed by atoms with E-state index in [1.165, 1.54) is 5.56 Å². The molecule has 0 saturated carbocycles. The number of benzene rings is 2. The summed E-state index contributed by atoms with van der Waals surface area (Å²) in [5.41, 5.74) is 1.21. The monoisotopic (exact) mass is 305 g/mol. The molecule has 0 spiro atoms. The highest BCUT2D eigenvalue weighted by atomic mass is 35.5. The molecule has 112 valence electrons. The summed E-state index contributed by atoms with van der Waals surface area (Å²) >= 11 is 5.88. The Hall–Kier alpha value is -1.71. The summed E-state index contributed by atoms with van der Waals surface area (Å²) in [4.78, 5) is 0. The van der Waals surface area contributed by atoms with E-state index in [1.807, 2.05) is 48.5 Å². The van der Waals surface area contributed by atoms with Crippen LogP contribution in [0.15, 0.2) is 48.5 Å². The molecule has 2 aromatic carbocycles. The van der Waals surface area contributed by atoms with E-state index in [9.17, 15) is 0 Å². The number of ether oxygens (including phenoxy) is 2. The topological polar surface area (TPSA) is 30.5 Å². The van der Waals surface area contributed by atoms with E-state index in [4.69, 9.17) is 21.1 Å². The van der Waals surface area contributed by atoms with Crippen molar-refractivity contribution < 1.29 is 9.47 Å². The van der Waals surface area contributed by atoms with Crippen molar-refractivity contribution in [1.29, 1.82) is 0 Å². The fourth-order valence-electron chi connectivity index (χ4n) is 1.99. The minimum Gasteiger partial charge on any atom is -0.497 e. The largest absolute Gasteiger partial charge is 0.497 e. The molecule has 1 atom stereocenters. The zero-order valence-electron chi connectivity index (χ0n) is 12.3. The van der Waals surface area contributed by atoms with Gasteiger partial charge in [-0.05, 0) is 48.9 Å². The SMILES string of the molecule is COc1ccc(OCCN[C@@H](C)c2ccc(Cl)cc2)cc1. The molecule has 0 heterocycles. The van der Waals surface area contributed by atoms with Crippen molar-refractivity contribution in [2.45, 2.75) is 13.0 Å². The summed E-state index contributed by atoms with van der Waals surface area (Å²) in [7, 11) is 1.65. The summed E-state index contributed by atoms with van der Waals surface area (Å²) in [5, 5.41) is 4.18. The van der Waals surface area contributed by atoms with Gasteiger partial charge < -0.3 is 14.8 Å². The van der Waals surface area contributed by atoms with Crippen LogP contribution in [0.1, 0.15) is 18.5 Å². The van der Waals surface area contributed by atoms with Crippen LogP contribution in [-0.4, -0.2) is 20.3 Å². The quantitative estimate of drug-likeness (QED) is 0.782. The highest BCUT2D eigenvalue weighted by Gasteiger charge is 2.04. The highest BCUT2D eigenvalue weighted by molar-refractivity contribution is 6.30. The zero-order chi connectivity index (χ0) is 15.1. The van der Waals surface area contributed by atoms with Gasteiger partial charge in [0.2, 0.25) is 0 Å². The zero-order valence-corrected chi connectivity index (χ0v) is 13.1. The van der Waals surface area contributed by atoms with E-state index < -0.39 is 0 Å². The maximum Gasteiger partial charge on any atom is 0.119 e. The lowest BCUT2D eigenvalue weighted by Gasteiger charge is -2.15. The Balaban J connectivity index is 1.72. The second kappa shape index (κ2) is 7.91. The van der Waals surface area contributed by atoms with Crippen LogP contribution in [0.5, 0.6) is 11.5 Å². The van der Waals surface area contributed by atoms with Gasteiger partial charge in [-0.1, -0.05) is 23.7 Å². The number of rotatable bonds is 7. The molecule has 0 saturated heterocycles. The van der Waals surface area contributed by atoms with Gasteiger partial charge in [0.05, 0.1) is 7.11 Å². The van der Waals surface area contributed by atoms with Crippen LogP contribution in [-0.2, 0) is 0 Å². The molecule has 3 nitrogen and oxygen atoms in total. The normalized spacial score (nSPS) is 12.0. The standard InChI is InChI=1S/C17H20ClNO2/c1-13(14-3-5-15(18)6-4-14)19-11-12-21-17-9-7-16(20-2)8-10-17/h3-10,13,19H,11-12H2,1-2H3/t13-/m0/s1. The third-order valence-electron chi connectivity index (χ3n) is 3.25. The van der Waals surface area contributed by atoms with Gasteiger partial charge >= 0.3 is 0 Å². The minimum absolute atomic E-state index is 0.265. The van der Waals surface area contributed by atoms with Gasteiger partial charge in [-0.25, -0.2) is 0 Å². The first-order chi connectivity index (χ1) is 10.2. The lowest BCUT2D eigenvalue weighted by molar-refractivity contribution is 0.307. The van der Waals surface area contributed by atoms with E-state index in [-0.39, 0.29) is 6.04 Å². The van der Waals surface area contributed by atoms with E-state index in [2.05, 4.69) is 12.2 Å². The fraction of sp³-hybridized carbons (Fsp3) is 0.294. The van der Waals surface area contributed by atoms with Crippen molar-refractivity contribution >= 4 is 11.6 Å². The first kappa shape index (κ1) is 15.7. The fourth-order valence-corrected chi connectivity index (χ4v) is 2.11. The molecule has 0 aliphatic rings. The maximum atomic E-state index is 5.88. The summed E-state index contributed by atoms with van der Waals surface area (Å²) < 4.78 is 10.8. The van der Waals surface area contributed by atoms with E-state index in [0.29, 0.717) is 6.61 Å². The van der Waals surface area contributed by atoms with Crippen LogP contribution in [0.3, 0.4) is 0 Å². The number of halogens is 1. The molecule has 21 heavy (non-hydrogen) atoms. The number of hydrogen-bond donors (Lipinski definition) is 1. The first-order valence-electron chi connectivity index (χ1n) is 6.95. The van der Waals surface area contributed by atoms with Gasteiger partial charge in [0.15, 0.2) is 0 Å². The third kappa shape index (κ3) is 4.96. The Morgan fingerprint density at radius 3 is 2.24 bits per heavy atom. The molecule has 2 rings (SSSR count). The Labute approximate surface area is 130 Å². The lowest BCUT2D eigenvalue weighted by atomic mass is 10.1. The molecule has 0 aliphatic heterocycles. The Morgan fingerprint density at radius 1 is 1.00 bits per heavy atom. The van der Waals surface area contributed by atoms with Crippen molar-refractivity contribution in [3.63, 3.8) is 0 Å². The van der Waals surface area contributed by atoms with Gasteiger partial charge in [0, 0.05) is 17.6 Å². The van der Waals surface area contributed by atoms with Crippen molar-refractivity contribution in [3.8, 4) is 11.5 Å². The van der Waals surface area contributed by atoms with Crippen LogP contribution < -0.4 is 14.8 Å². The number of methoxy groups -OCH3 is 1. The van der Waals surface area contributed by atoms with Gasteiger partial charge in [-0.2, -0.15) is 0 Å². The maximum absolute atomic E-state index is 5.88. The molecule has 4 heteroatoms. The average molecular weight is 306 g/mol. The van der Waals surface area contributed by atoms with Crippen LogP contribution in [0.25, 0.3) is 0 Å². The molecule has 1 N–H and O–H groups in total. The van der Waals surface area contributed by atoms with Crippen molar-refractivity contribution in [1.82, 2.24) is 5.32 Å². The lowest BCUT2D eigenvalue weighted by Crippen LogP contribution is -2.24. The molecule has 0 amide bonds. The molecule has 0 bridgehead atoms. The Bertz CT molecular complexity index is 540. The van der Waals surface area contributed by atoms with Crippen LogP contribution in [0, 0.1) is 0 Å². The first-order valence-corrected chi connectivity index (χ1v) is 7.32. The van der Waals surface area contributed by atoms with Crippen molar-refractivity contribution in [2.75, 3.05) is 20.3 Å². The van der Waals surface area contributed by atoms with E-state index >= 15 is 0 Å². The Kier molecular flexibility index (Phi) is 5.90. The van der Waals surface area contributed by atoms with E-state index in [0.717, 1.165) is 23.1 Å². The van der Waals surface area contributed by atoms with Gasteiger partial charge in [0.25, 0.3) is 0 Å². The summed E-state index contributed by atoms with van der Waals surface area (Å²) in [5.74, 6) is 1.67. The molecule has 2 aromatic rings. The predicted octanol–water partition coefficient (Wildman–Crippen LogP) is 4.08. The van der Waals surface area contributed by atoms with Gasteiger partial charge in [-0.15, -0.1) is 0 Å². The molecule has 0 aromatic heterocycles. The smallest absolute Gasteiger partial charge is 0.119 e. The van der Waals surface area contributed by atoms with Crippen LogP contribution >= 0.6 is 11.6 Å². The van der Waals surface area contributed by atoms with Gasteiger partial charge in [-0.3, -0.25) is 0 Å². The highest BCUT2D eigenvalue weighted by Crippen LogP contribution is 2.17. The van der Waals surface area contributed by atoms with Crippen LogP contribution in [0.2, 0.25) is 5.02 Å². The van der Waals surface area contributed by atoms with Crippen LogP contribution in [0.4, 0.5) is 0 Å². The summed E-state index contributed by atoms with van der Waals surface area (Å²) in [6, 6.07) is 15.7. The second-order valence-corrected chi connectivity index (χ2v) is 5.19. The average Bonchev–Trinajstić information content (AvgIpc) is 2.52. The number of nitrogens with one attached hydrogen (secondary N) is 1. The van der Waals surface area contributed by atoms with Gasteiger partial charge in [0.1, 0.15) is 18.1 Å².